The third-order valence-electron chi connectivity index (χ3n) is 4.46. The van der Waals surface area contributed by atoms with E-state index in [1.165, 1.54) is 24.1 Å². The monoisotopic (exact) mass is 304 g/mol. The van der Waals surface area contributed by atoms with Gasteiger partial charge in [-0.05, 0) is 43.5 Å². The maximum absolute atomic E-state index is 11.2. The normalized spacial score (nSPS) is 19.1. The zero-order valence-electron chi connectivity index (χ0n) is 13.8. The Bertz CT molecular complexity index is 490. The standard InChI is InChI=1S/C18H28N2O2/c1-3-4-10-19(2)17-9-5-7-15(12-17)13-20-11-6-8-16(14-20)18(21)22/h5,7,9,12,16H,3-4,6,8,10-11,13-14H2,1-2H3,(H,21,22). The van der Waals surface area contributed by atoms with E-state index >= 15 is 0 Å². The number of anilines is 1. The van der Waals surface area contributed by atoms with Gasteiger partial charge in [-0.1, -0.05) is 25.5 Å². The second kappa shape index (κ2) is 8.18. The Labute approximate surface area is 133 Å². The van der Waals surface area contributed by atoms with Crippen LogP contribution in [0.15, 0.2) is 24.3 Å². The molecule has 1 N–H and O–H groups in total. The van der Waals surface area contributed by atoms with Gasteiger partial charge in [-0.2, -0.15) is 0 Å². The van der Waals surface area contributed by atoms with Crippen LogP contribution < -0.4 is 4.90 Å². The molecule has 0 spiro atoms. The van der Waals surface area contributed by atoms with Crippen molar-refractivity contribution >= 4 is 11.7 Å². The lowest BCUT2D eigenvalue weighted by molar-refractivity contribution is -0.143. The number of unbranched alkanes of at least 4 members (excludes halogenated alkanes) is 1. The highest BCUT2D eigenvalue weighted by Gasteiger charge is 2.25. The Morgan fingerprint density at radius 1 is 1.45 bits per heavy atom. The fraction of sp³-hybridized carbons (Fsp3) is 0.611. The lowest BCUT2D eigenvalue weighted by Gasteiger charge is -2.31. The van der Waals surface area contributed by atoms with Crippen molar-refractivity contribution in [1.29, 1.82) is 0 Å². The fourth-order valence-electron chi connectivity index (χ4n) is 3.08. The summed E-state index contributed by atoms with van der Waals surface area (Å²) in [6, 6.07) is 8.63. The van der Waals surface area contributed by atoms with Crippen molar-refractivity contribution in [1.82, 2.24) is 4.90 Å². The zero-order chi connectivity index (χ0) is 15.9. The molecule has 22 heavy (non-hydrogen) atoms. The van der Waals surface area contributed by atoms with Crippen molar-refractivity contribution in [2.24, 2.45) is 5.92 Å². The van der Waals surface area contributed by atoms with E-state index < -0.39 is 5.97 Å². The Morgan fingerprint density at radius 2 is 2.27 bits per heavy atom. The number of hydrogen-bond donors (Lipinski definition) is 1. The summed E-state index contributed by atoms with van der Waals surface area (Å²) >= 11 is 0. The lowest BCUT2D eigenvalue weighted by Crippen LogP contribution is -2.38. The van der Waals surface area contributed by atoms with Crippen LogP contribution in [0.1, 0.15) is 38.2 Å². The number of carboxylic acid groups (broad SMARTS) is 1. The molecule has 4 heteroatoms. The highest BCUT2D eigenvalue weighted by Crippen LogP contribution is 2.21. The predicted molar refractivity (Wildman–Crippen MR) is 90.3 cm³/mol. The molecule has 1 aliphatic rings. The van der Waals surface area contributed by atoms with Crippen LogP contribution in [0, 0.1) is 5.92 Å². The van der Waals surface area contributed by atoms with Crippen molar-refractivity contribution in [3.63, 3.8) is 0 Å². The van der Waals surface area contributed by atoms with Gasteiger partial charge in [0.15, 0.2) is 0 Å². The number of likely N-dealkylation sites (tertiary alicyclic amines) is 1. The number of hydrogen-bond acceptors (Lipinski definition) is 3. The van der Waals surface area contributed by atoms with Gasteiger partial charge in [0.2, 0.25) is 0 Å². The smallest absolute Gasteiger partial charge is 0.307 e. The predicted octanol–water partition coefficient (Wildman–Crippen LogP) is 3.22. The summed E-state index contributed by atoms with van der Waals surface area (Å²) in [7, 11) is 2.14. The van der Waals surface area contributed by atoms with Gasteiger partial charge in [0, 0.05) is 32.4 Å². The third kappa shape index (κ3) is 4.73. The lowest BCUT2D eigenvalue weighted by atomic mass is 9.98. The van der Waals surface area contributed by atoms with Crippen molar-refractivity contribution in [2.75, 3.05) is 31.6 Å². The highest BCUT2D eigenvalue weighted by atomic mass is 16.4. The number of nitrogens with zero attached hydrogens (tertiary/aromatic N) is 2. The quantitative estimate of drug-likeness (QED) is 0.840. The van der Waals surface area contributed by atoms with Gasteiger partial charge in [-0.3, -0.25) is 9.69 Å². The first-order valence-corrected chi connectivity index (χ1v) is 8.35. The largest absolute Gasteiger partial charge is 0.481 e. The SMILES string of the molecule is CCCCN(C)c1cccc(CN2CCCC(C(=O)O)C2)c1. The minimum atomic E-state index is -0.655. The van der Waals surface area contributed by atoms with Crippen LogP contribution in [-0.4, -0.2) is 42.7 Å². The molecule has 0 aromatic heterocycles. The molecule has 1 aromatic rings. The second-order valence-electron chi connectivity index (χ2n) is 6.36. The van der Waals surface area contributed by atoms with E-state index in [-0.39, 0.29) is 5.92 Å². The maximum atomic E-state index is 11.2. The van der Waals surface area contributed by atoms with Gasteiger partial charge in [0.05, 0.1) is 5.92 Å². The molecule has 1 aromatic carbocycles. The van der Waals surface area contributed by atoms with Crippen LogP contribution in [0.2, 0.25) is 0 Å². The molecule has 1 fully saturated rings. The number of carboxylic acids is 1. The van der Waals surface area contributed by atoms with E-state index in [2.05, 4.69) is 48.0 Å². The average molecular weight is 304 g/mol. The second-order valence-corrected chi connectivity index (χ2v) is 6.36. The van der Waals surface area contributed by atoms with Crippen LogP contribution in [0.5, 0.6) is 0 Å². The molecule has 1 atom stereocenters. The molecule has 0 radical (unpaired) electrons. The van der Waals surface area contributed by atoms with Gasteiger partial charge in [-0.15, -0.1) is 0 Å². The van der Waals surface area contributed by atoms with E-state index in [9.17, 15) is 9.90 Å². The number of benzene rings is 1. The Balaban J connectivity index is 1.96. The number of rotatable bonds is 7. The molecular formula is C18H28N2O2. The summed E-state index contributed by atoms with van der Waals surface area (Å²) in [4.78, 5) is 15.7. The number of carbonyl (C=O) groups is 1. The molecule has 0 bridgehead atoms. The molecule has 1 heterocycles. The van der Waals surface area contributed by atoms with E-state index in [1.807, 2.05) is 0 Å². The molecule has 0 amide bonds. The van der Waals surface area contributed by atoms with Crippen LogP contribution in [0.25, 0.3) is 0 Å². The molecule has 4 nitrogen and oxygen atoms in total. The van der Waals surface area contributed by atoms with Crippen LogP contribution >= 0.6 is 0 Å². The van der Waals surface area contributed by atoms with Gasteiger partial charge in [0.1, 0.15) is 0 Å². The van der Waals surface area contributed by atoms with Crippen molar-refractivity contribution in [3.05, 3.63) is 29.8 Å². The first-order valence-electron chi connectivity index (χ1n) is 8.35. The summed E-state index contributed by atoms with van der Waals surface area (Å²) in [5, 5.41) is 9.19. The van der Waals surface area contributed by atoms with Crippen LogP contribution in [0.3, 0.4) is 0 Å². The molecule has 1 unspecified atom stereocenters. The Hall–Kier alpha value is -1.55. The molecule has 1 aliphatic heterocycles. The Kier molecular flexibility index (Phi) is 6.25. The van der Waals surface area contributed by atoms with Crippen molar-refractivity contribution < 1.29 is 9.90 Å². The number of aliphatic carboxylic acids is 1. The van der Waals surface area contributed by atoms with Gasteiger partial charge in [0.25, 0.3) is 0 Å². The summed E-state index contributed by atoms with van der Waals surface area (Å²) in [6.07, 6.45) is 4.19. The zero-order valence-corrected chi connectivity index (χ0v) is 13.8. The summed E-state index contributed by atoms with van der Waals surface area (Å²) in [5.74, 6) is -0.859. The molecule has 2 rings (SSSR count). The molecular weight excluding hydrogens is 276 g/mol. The minimum absolute atomic E-state index is 0.204. The summed E-state index contributed by atoms with van der Waals surface area (Å²) < 4.78 is 0. The van der Waals surface area contributed by atoms with E-state index in [0.717, 1.165) is 32.5 Å². The molecule has 122 valence electrons. The third-order valence-corrected chi connectivity index (χ3v) is 4.46. The van der Waals surface area contributed by atoms with Crippen molar-refractivity contribution in [2.45, 2.75) is 39.2 Å². The summed E-state index contributed by atoms with van der Waals surface area (Å²) in [6.45, 7) is 5.80. The highest BCUT2D eigenvalue weighted by molar-refractivity contribution is 5.70. The van der Waals surface area contributed by atoms with Crippen LogP contribution in [0.4, 0.5) is 5.69 Å². The van der Waals surface area contributed by atoms with E-state index in [4.69, 9.17) is 0 Å². The minimum Gasteiger partial charge on any atom is -0.481 e. The van der Waals surface area contributed by atoms with E-state index in [1.54, 1.807) is 0 Å². The number of piperidine rings is 1. The van der Waals surface area contributed by atoms with Gasteiger partial charge in [-0.25, -0.2) is 0 Å². The van der Waals surface area contributed by atoms with Crippen LogP contribution in [-0.2, 0) is 11.3 Å². The molecule has 1 saturated heterocycles. The van der Waals surface area contributed by atoms with Gasteiger partial charge >= 0.3 is 5.97 Å². The molecule has 0 saturated carbocycles. The topological polar surface area (TPSA) is 43.8 Å². The van der Waals surface area contributed by atoms with Gasteiger partial charge < -0.3 is 10.0 Å². The molecule has 0 aliphatic carbocycles. The van der Waals surface area contributed by atoms with E-state index in [0.29, 0.717) is 6.54 Å². The summed E-state index contributed by atoms with van der Waals surface area (Å²) in [5.41, 5.74) is 2.52. The Morgan fingerprint density at radius 3 is 3.00 bits per heavy atom. The maximum Gasteiger partial charge on any atom is 0.307 e. The average Bonchev–Trinajstić information content (AvgIpc) is 2.53. The van der Waals surface area contributed by atoms with Crippen molar-refractivity contribution in [3.8, 4) is 0 Å². The first kappa shape index (κ1) is 16.8. The fourth-order valence-corrected chi connectivity index (χ4v) is 3.08. The first-order chi connectivity index (χ1) is 10.6.